The fourth-order valence-electron chi connectivity index (χ4n) is 7.06. The third-order valence-corrected chi connectivity index (χ3v) is 8.31. The van der Waals surface area contributed by atoms with Gasteiger partial charge in [0.1, 0.15) is 6.10 Å². The molecule has 0 unspecified atom stereocenters. The predicted octanol–water partition coefficient (Wildman–Crippen LogP) is 4.24. The molecule has 3 heteroatoms. The fourth-order valence-corrected chi connectivity index (χ4v) is 7.06. The Morgan fingerprint density at radius 2 is 1.92 bits per heavy atom. The zero-order valence-corrected chi connectivity index (χ0v) is 15.4. The maximum absolute atomic E-state index is 11.5. The van der Waals surface area contributed by atoms with E-state index in [4.69, 9.17) is 4.74 Å². The van der Waals surface area contributed by atoms with E-state index in [1.807, 2.05) is 0 Å². The summed E-state index contributed by atoms with van der Waals surface area (Å²) in [5.41, 5.74) is 2.00. The maximum Gasteiger partial charge on any atom is 0.302 e. The molecule has 3 fully saturated rings. The summed E-state index contributed by atoms with van der Waals surface area (Å²) in [5.74, 6) is 2.10. The van der Waals surface area contributed by atoms with Crippen LogP contribution < -0.4 is 0 Å². The lowest BCUT2D eigenvalue weighted by Crippen LogP contribution is -2.51. The van der Waals surface area contributed by atoms with Gasteiger partial charge in [-0.25, -0.2) is 0 Å². The van der Waals surface area contributed by atoms with E-state index in [1.165, 1.54) is 31.3 Å². The minimum absolute atomic E-state index is 0.119. The van der Waals surface area contributed by atoms with Gasteiger partial charge in [0, 0.05) is 12.3 Å². The number of aliphatic hydroxyl groups excluding tert-OH is 1. The predicted molar refractivity (Wildman–Crippen MR) is 93.3 cm³/mol. The lowest BCUT2D eigenvalue weighted by Gasteiger charge is -2.58. The highest BCUT2D eigenvalue weighted by atomic mass is 16.5. The Bertz CT molecular complexity index is 567. The quantitative estimate of drug-likeness (QED) is 0.577. The molecule has 4 aliphatic carbocycles. The number of hydrogen-bond acceptors (Lipinski definition) is 3. The third kappa shape index (κ3) is 2.30. The van der Waals surface area contributed by atoms with Crippen molar-refractivity contribution in [3.63, 3.8) is 0 Å². The van der Waals surface area contributed by atoms with Crippen LogP contribution in [0.25, 0.3) is 0 Å². The molecule has 4 aliphatic rings. The maximum atomic E-state index is 11.5. The normalized spacial score (nSPS) is 50.3. The molecule has 1 N–H and O–H groups in total. The van der Waals surface area contributed by atoms with Gasteiger partial charge in [0.2, 0.25) is 0 Å². The van der Waals surface area contributed by atoms with E-state index in [2.05, 4.69) is 19.9 Å². The zero-order chi connectivity index (χ0) is 17.1. The molecule has 0 saturated heterocycles. The summed E-state index contributed by atoms with van der Waals surface area (Å²) in [4.78, 5) is 11.5. The summed E-state index contributed by atoms with van der Waals surface area (Å²) in [5, 5.41) is 10.0. The van der Waals surface area contributed by atoms with Gasteiger partial charge in [-0.3, -0.25) is 4.79 Å². The average molecular weight is 332 g/mol. The van der Waals surface area contributed by atoms with Gasteiger partial charge in [-0.1, -0.05) is 25.5 Å². The van der Waals surface area contributed by atoms with Crippen LogP contribution in [-0.2, 0) is 9.53 Å². The van der Waals surface area contributed by atoms with E-state index in [-0.39, 0.29) is 23.6 Å². The van der Waals surface area contributed by atoms with Crippen LogP contribution in [0, 0.1) is 28.6 Å². The van der Waals surface area contributed by atoms with Crippen LogP contribution >= 0.6 is 0 Å². The Hall–Kier alpha value is -0.830. The number of hydrogen-bond donors (Lipinski definition) is 1. The Balaban J connectivity index is 1.61. The summed E-state index contributed by atoms with van der Waals surface area (Å²) in [6.07, 6.45) is 11.2. The molecular weight excluding hydrogens is 300 g/mol. The molecular formula is C21H32O3. The lowest BCUT2D eigenvalue weighted by atomic mass is 9.47. The molecule has 0 radical (unpaired) electrons. The van der Waals surface area contributed by atoms with Crippen molar-refractivity contribution in [2.75, 3.05) is 0 Å². The molecule has 0 amide bonds. The van der Waals surface area contributed by atoms with Gasteiger partial charge in [0.25, 0.3) is 0 Å². The highest BCUT2D eigenvalue weighted by Crippen LogP contribution is 2.65. The van der Waals surface area contributed by atoms with Crippen LogP contribution in [0.1, 0.15) is 72.1 Å². The summed E-state index contributed by atoms with van der Waals surface area (Å²) in [6, 6.07) is 0. The summed E-state index contributed by atoms with van der Waals surface area (Å²) in [7, 11) is 0. The molecule has 0 aromatic carbocycles. The second kappa shape index (κ2) is 5.59. The fraction of sp³-hybridized carbons (Fsp3) is 0.857. The van der Waals surface area contributed by atoms with E-state index in [1.54, 1.807) is 6.92 Å². The van der Waals surface area contributed by atoms with Crippen molar-refractivity contribution in [3.05, 3.63) is 11.6 Å². The second-order valence-corrected chi connectivity index (χ2v) is 9.35. The van der Waals surface area contributed by atoms with Crippen molar-refractivity contribution in [3.8, 4) is 0 Å². The lowest BCUT2D eigenvalue weighted by molar-refractivity contribution is -0.157. The van der Waals surface area contributed by atoms with Crippen molar-refractivity contribution in [2.24, 2.45) is 28.6 Å². The number of ether oxygens (including phenoxy) is 1. The summed E-state index contributed by atoms with van der Waals surface area (Å²) < 4.78 is 5.73. The Morgan fingerprint density at radius 3 is 2.67 bits per heavy atom. The first-order chi connectivity index (χ1) is 11.3. The van der Waals surface area contributed by atoms with Crippen LogP contribution in [0.3, 0.4) is 0 Å². The van der Waals surface area contributed by atoms with E-state index in [0.717, 1.165) is 37.5 Å². The highest BCUT2D eigenvalue weighted by molar-refractivity contribution is 5.66. The molecule has 0 aliphatic heterocycles. The van der Waals surface area contributed by atoms with Gasteiger partial charge in [-0.05, 0) is 74.5 Å². The van der Waals surface area contributed by atoms with E-state index in [0.29, 0.717) is 11.3 Å². The number of allylic oxidation sites excluding steroid dienone is 1. The monoisotopic (exact) mass is 332 g/mol. The molecule has 7 atom stereocenters. The molecule has 3 saturated carbocycles. The Morgan fingerprint density at radius 1 is 1.12 bits per heavy atom. The molecule has 0 spiro atoms. The average Bonchev–Trinajstić information content (AvgIpc) is 2.84. The van der Waals surface area contributed by atoms with Gasteiger partial charge in [-0.15, -0.1) is 0 Å². The first-order valence-corrected chi connectivity index (χ1v) is 9.91. The summed E-state index contributed by atoms with van der Waals surface area (Å²) in [6.45, 7) is 6.39. The SMILES string of the molecule is CC(=O)O[C@H]1CC[C@H]2[C@H]3CCC4=C[C@@H](O)CC[C@]4(C)[C@H]3CC[C@]12C. The van der Waals surface area contributed by atoms with Crippen LogP contribution in [-0.4, -0.2) is 23.3 Å². The molecule has 3 nitrogen and oxygen atoms in total. The number of esters is 1. The van der Waals surface area contributed by atoms with E-state index >= 15 is 0 Å². The van der Waals surface area contributed by atoms with Crippen LogP contribution in [0.5, 0.6) is 0 Å². The van der Waals surface area contributed by atoms with Gasteiger partial charge >= 0.3 is 5.97 Å². The van der Waals surface area contributed by atoms with Gasteiger partial charge in [-0.2, -0.15) is 0 Å². The van der Waals surface area contributed by atoms with Crippen molar-refractivity contribution in [1.29, 1.82) is 0 Å². The third-order valence-electron chi connectivity index (χ3n) is 8.31. The van der Waals surface area contributed by atoms with E-state index < -0.39 is 0 Å². The second-order valence-electron chi connectivity index (χ2n) is 9.35. The largest absolute Gasteiger partial charge is 0.462 e. The van der Waals surface area contributed by atoms with Gasteiger partial charge in [0.05, 0.1) is 6.10 Å². The molecule has 4 rings (SSSR count). The number of carbonyl (C=O) groups excluding carboxylic acids is 1. The zero-order valence-electron chi connectivity index (χ0n) is 15.4. The highest BCUT2D eigenvalue weighted by Gasteiger charge is 2.59. The summed E-state index contributed by atoms with van der Waals surface area (Å²) >= 11 is 0. The molecule has 0 bridgehead atoms. The van der Waals surface area contributed by atoms with Crippen LogP contribution in [0.2, 0.25) is 0 Å². The first kappa shape index (κ1) is 16.6. The molecule has 134 valence electrons. The van der Waals surface area contributed by atoms with Gasteiger partial charge < -0.3 is 9.84 Å². The number of fused-ring (bicyclic) bond motifs is 5. The molecule has 0 aromatic heterocycles. The Labute approximate surface area is 145 Å². The first-order valence-electron chi connectivity index (χ1n) is 9.91. The molecule has 0 aromatic rings. The van der Waals surface area contributed by atoms with Gasteiger partial charge in [0.15, 0.2) is 0 Å². The molecule has 24 heavy (non-hydrogen) atoms. The number of rotatable bonds is 1. The molecule has 0 heterocycles. The van der Waals surface area contributed by atoms with Crippen LogP contribution in [0.15, 0.2) is 11.6 Å². The van der Waals surface area contributed by atoms with Crippen molar-refractivity contribution in [2.45, 2.75) is 84.3 Å². The topological polar surface area (TPSA) is 46.5 Å². The minimum atomic E-state index is -0.224. The van der Waals surface area contributed by atoms with Crippen molar-refractivity contribution in [1.82, 2.24) is 0 Å². The Kier molecular flexibility index (Phi) is 3.87. The number of carbonyl (C=O) groups is 1. The smallest absolute Gasteiger partial charge is 0.302 e. The minimum Gasteiger partial charge on any atom is -0.462 e. The van der Waals surface area contributed by atoms with Crippen molar-refractivity contribution < 1.29 is 14.6 Å². The van der Waals surface area contributed by atoms with E-state index in [9.17, 15) is 9.90 Å². The van der Waals surface area contributed by atoms with Crippen LogP contribution in [0.4, 0.5) is 0 Å². The number of aliphatic hydroxyl groups is 1. The standard InChI is InChI=1S/C21H32O3/c1-13(22)24-19-7-6-17-16-5-4-14-12-15(23)8-10-20(14,2)18(16)9-11-21(17,19)3/h12,15-19,23H,4-11H2,1-3H3/t15-,16+,17-,18-,19-,20-,21-/m0/s1. The van der Waals surface area contributed by atoms with Crippen molar-refractivity contribution >= 4 is 5.97 Å².